The molecule has 1 aromatic heterocycles. The monoisotopic (exact) mass is 564 g/mol. The number of nitrogens with one attached hydrogen (secondary N) is 1. The molecule has 2 N–H and O–H groups in total. The number of anilines is 2. The molecule has 2 saturated heterocycles. The second-order valence-corrected chi connectivity index (χ2v) is 8.56. The first kappa shape index (κ1) is 25.4. The Kier molecular flexibility index (Phi) is 9.90. The first-order chi connectivity index (χ1) is 15.7. The van der Waals surface area contributed by atoms with Crippen molar-refractivity contribution >= 4 is 41.4 Å². The number of hydrogen-bond acceptors (Lipinski definition) is 5. The third-order valence-electron chi connectivity index (χ3n) is 6.29. The molecule has 7 nitrogen and oxygen atoms in total. The van der Waals surface area contributed by atoms with Gasteiger partial charge in [-0.25, -0.2) is 9.98 Å². The fraction of sp³-hybridized carbons (Fsp3) is 0.520. The minimum Gasteiger partial charge on any atom is -0.506 e. The van der Waals surface area contributed by atoms with Crippen LogP contribution in [0.2, 0.25) is 0 Å². The molecule has 2 fully saturated rings. The number of aliphatic imine (C=N–C) groups is 1. The van der Waals surface area contributed by atoms with Crippen molar-refractivity contribution in [3.05, 3.63) is 48.2 Å². The molecule has 0 bridgehead atoms. The molecule has 3 heterocycles. The van der Waals surface area contributed by atoms with Gasteiger partial charge in [0.1, 0.15) is 11.6 Å². The van der Waals surface area contributed by atoms with Gasteiger partial charge in [0.05, 0.1) is 12.2 Å². The summed E-state index contributed by atoms with van der Waals surface area (Å²) in [6.45, 7) is 9.23. The summed E-state index contributed by atoms with van der Waals surface area (Å²) in [6.07, 6.45) is 7.16. The number of nitrogens with zero attached hydrogens (tertiary/aromatic N) is 5. The molecular weight excluding hydrogens is 527 g/mol. The number of piperazine rings is 1. The molecule has 2 aromatic rings. The van der Waals surface area contributed by atoms with Crippen molar-refractivity contribution in [2.75, 3.05) is 55.6 Å². The zero-order chi connectivity index (χ0) is 22.2. The van der Waals surface area contributed by atoms with E-state index in [0.29, 0.717) is 12.3 Å². The van der Waals surface area contributed by atoms with Crippen LogP contribution in [0.1, 0.15) is 38.2 Å². The number of benzene rings is 1. The number of pyridine rings is 1. The molecule has 0 spiro atoms. The topological polar surface area (TPSA) is 67.2 Å². The van der Waals surface area contributed by atoms with Crippen LogP contribution < -0.4 is 15.1 Å². The predicted molar refractivity (Wildman–Crippen MR) is 147 cm³/mol. The molecule has 0 unspecified atom stereocenters. The second kappa shape index (κ2) is 12.9. The van der Waals surface area contributed by atoms with Crippen LogP contribution in [0.25, 0.3) is 0 Å². The number of para-hydroxylation sites is 2. The van der Waals surface area contributed by atoms with Crippen molar-refractivity contribution in [3.8, 4) is 5.75 Å². The molecule has 2 aliphatic heterocycles. The highest BCUT2D eigenvalue weighted by atomic mass is 127. The maximum Gasteiger partial charge on any atom is 0.194 e. The number of phenols is 1. The summed E-state index contributed by atoms with van der Waals surface area (Å²) in [5.41, 5.74) is 2.04. The van der Waals surface area contributed by atoms with E-state index in [1.165, 1.54) is 25.7 Å². The lowest BCUT2D eigenvalue weighted by molar-refractivity contribution is 0.369. The van der Waals surface area contributed by atoms with Crippen LogP contribution in [-0.4, -0.2) is 66.8 Å². The van der Waals surface area contributed by atoms with Crippen LogP contribution in [0.5, 0.6) is 5.75 Å². The summed E-state index contributed by atoms with van der Waals surface area (Å²) in [5.74, 6) is 2.38. The molecule has 0 saturated carbocycles. The molecule has 33 heavy (non-hydrogen) atoms. The number of aromatic hydroxyl groups is 1. The van der Waals surface area contributed by atoms with Gasteiger partial charge in [0, 0.05) is 52.0 Å². The summed E-state index contributed by atoms with van der Waals surface area (Å²) in [6, 6.07) is 11.9. The third kappa shape index (κ3) is 6.88. The van der Waals surface area contributed by atoms with E-state index >= 15 is 0 Å². The third-order valence-corrected chi connectivity index (χ3v) is 6.29. The average Bonchev–Trinajstić information content (AvgIpc) is 3.12. The van der Waals surface area contributed by atoms with Gasteiger partial charge in [-0.2, -0.15) is 0 Å². The van der Waals surface area contributed by atoms with Crippen molar-refractivity contribution in [1.29, 1.82) is 0 Å². The van der Waals surface area contributed by atoms with Crippen molar-refractivity contribution in [1.82, 2.24) is 15.2 Å². The Bertz CT molecular complexity index is 875. The molecular formula is C25H37IN6O. The first-order valence-corrected chi connectivity index (χ1v) is 12.0. The molecule has 4 rings (SSSR count). The van der Waals surface area contributed by atoms with Gasteiger partial charge in [-0.15, -0.1) is 24.0 Å². The maximum atomic E-state index is 10.1. The number of rotatable bonds is 5. The highest BCUT2D eigenvalue weighted by Crippen LogP contribution is 2.27. The molecule has 0 amide bonds. The highest BCUT2D eigenvalue weighted by Gasteiger charge is 2.21. The van der Waals surface area contributed by atoms with Gasteiger partial charge in [0.25, 0.3) is 0 Å². The van der Waals surface area contributed by atoms with E-state index in [4.69, 9.17) is 9.98 Å². The Morgan fingerprint density at radius 2 is 1.67 bits per heavy atom. The van der Waals surface area contributed by atoms with Crippen LogP contribution in [-0.2, 0) is 6.54 Å². The van der Waals surface area contributed by atoms with E-state index in [2.05, 4.69) is 39.1 Å². The van der Waals surface area contributed by atoms with Crippen LogP contribution in [0.15, 0.2) is 47.6 Å². The van der Waals surface area contributed by atoms with Crippen molar-refractivity contribution in [2.24, 2.45) is 4.99 Å². The molecule has 0 atom stereocenters. The smallest absolute Gasteiger partial charge is 0.194 e. The standard InChI is InChI=1S/C25H36N6O.HI/c1-2-26-25(31-17-15-29(16-18-31)22-9-5-6-10-23(22)32)28-20-21-11-12-24(27-19-21)30-13-7-3-4-8-14-30;/h5-6,9-12,19,32H,2-4,7-8,13-18,20H2,1H3,(H,26,28);1H. The van der Waals surface area contributed by atoms with Crippen LogP contribution in [0.3, 0.4) is 0 Å². The predicted octanol–water partition coefficient (Wildman–Crippen LogP) is 4.07. The molecule has 2 aliphatic rings. The van der Waals surface area contributed by atoms with Gasteiger partial charge >= 0.3 is 0 Å². The summed E-state index contributed by atoms with van der Waals surface area (Å²) < 4.78 is 0. The zero-order valence-corrected chi connectivity index (χ0v) is 21.9. The quantitative estimate of drug-likeness (QED) is 0.324. The largest absolute Gasteiger partial charge is 0.506 e. The Hall–Kier alpha value is -2.23. The van der Waals surface area contributed by atoms with E-state index < -0.39 is 0 Å². The fourth-order valence-electron chi connectivity index (χ4n) is 4.48. The van der Waals surface area contributed by atoms with E-state index in [9.17, 15) is 5.11 Å². The van der Waals surface area contributed by atoms with E-state index in [-0.39, 0.29) is 24.0 Å². The Labute approximate surface area is 214 Å². The molecule has 180 valence electrons. The minimum absolute atomic E-state index is 0. The highest BCUT2D eigenvalue weighted by molar-refractivity contribution is 14.0. The second-order valence-electron chi connectivity index (χ2n) is 8.56. The van der Waals surface area contributed by atoms with Crippen LogP contribution >= 0.6 is 24.0 Å². The van der Waals surface area contributed by atoms with Gasteiger partial charge < -0.3 is 25.1 Å². The number of aromatic nitrogens is 1. The summed E-state index contributed by atoms with van der Waals surface area (Å²) >= 11 is 0. The first-order valence-electron chi connectivity index (χ1n) is 12.0. The lowest BCUT2D eigenvalue weighted by Gasteiger charge is -2.37. The Morgan fingerprint density at radius 3 is 2.30 bits per heavy atom. The summed E-state index contributed by atoms with van der Waals surface area (Å²) in [5, 5.41) is 13.6. The van der Waals surface area contributed by atoms with Crippen molar-refractivity contribution in [2.45, 2.75) is 39.2 Å². The Balaban J connectivity index is 0.00000306. The minimum atomic E-state index is 0. The maximum absolute atomic E-state index is 10.1. The zero-order valence-electron chi connectivity index (χ0n) is 19.6. The number of hydrogen-bond donors (Lipinski definition) is 2. The lowest BCUT2D eigenvalue weighted by atomic mass is 10.2. The van der Waals surface area contributed by atoms with Gasteiger partial charge in [-0.3, -0.25) is 0 Å². The van der Waals surface area contributed by atoms with E-state index in [1.54, 1.807) is 6.07 Å². The lowest BCUT2D eigenvalue weighted by Crippen LogP contribution is -2.52. The SMILES string of the molecule is CCNC(=NCc1ccc(N2CCCCCC2)nc1)N1CCN(c2ccccc2O)CC1.I. The van der Waals surface area contributed by atoms with Gasteiger partial charge in [0.15, 0.2) is 5.96 Å². The fourth-order valence-corrected chi connectivity index (χ4v) is 4.48. The summed E-state index contributed by atoms with van der Waals surface area (Å²) in [7, 11) is 0. The molecule has 0 radical (unpaired) electrons. The molecule has 1 aromatic carbocycles. The molecule has 0 aliphatic carbocycles. The number of halogens is 1. The van der Waals surface area contributed by atoms with Crippen molar-refractivity contribution < 1.29 is 5.11 Å². The van der Waals surface area contributed by atoms with Gasteiger partial charge in [-0.1, -0.05) is 31.0 Å². The van der Waals surface area contributed by atoms with E-state index in [1.807, 2.05) is 24.4 Å². The average molecular weight is 565 g/mol. The van der Waals surface area contributed by atoms with Crippen LogP contribution in [0, 0.1) is 0 Å². The Morgan fingerprint density at radius 1 is 0.939 bits per heavy atom. The number of guanidine groups is 1. The number of phenolic OH excluding ortho intramolecular Hbond substituents is 1. The van der Waals surface area contributed by atoms with Crippen molar-refractivity contribution in [3.63, 3.8) is 0 Å². The van der Waals surface area contributed by atoms with Crippen LogP contribution in [0.4, 0.5) is 11.5 Å². The molecule has 8 heteroatoms. The summed E-state index contributed by atoms with van der Waals surface area (Å²) in [4.78, 5) is 16.6. The van der Waals surface area contributed by atoms with E-state index in [0.717, 1.165) is 68.8 Å². The van der Waals surface area contributed by atoms with Gasteiger partial charge in [-0.05, 0) is 43.5 Å². The normalized spacial score (nSPS) is 17.4. The van der Waals surface area contributed by atoms with Gasteiger partial charge in [0.2, 0.25) is 0 Å².